The van der Waals surface area contributed by atoms with Crippen molar-refractivity contribution in [2.24, 2.45) is 0 Å². The van der Waals surface area contributed by atoms with E-state index >= 15 is 0 Å². The molecule has 0 fully saturated rings. The highest BCUT2D eigenvalue weighted by molar-refractivity contribution is 7.90. The summed E-state index contributed by atoms with van der Waals surface area (Å²) >= 11 is 0. The van der Waals surface area contributed by atoms with E-state index in [1.165, 1.54) is 25.5 Å². The average molecular weight is 400 g/mol. The molecule has 0 saturated heterocycles. The quantitative estimate of drug-likeness (QED) is 0.601. The number of cyclic esters (lactones) is 1. The Bertz CT molecular complexity index is 1140. The van der Waals surface area contributed by atoms with Gasteiger partial charge in [0.1, 0.15) is 23.1 Å². The summed E-state index contributed by atoms with van der Waals surface area (Å²) in [6, 6.07) is 9.90. The summed E-state index contributed by atoms with van der Waals surface area (Å²) in [6.07, 6.45) is 2.33. The second-order valence-electron chi connectivity index (χ2n) is 6.31. The van der Waals surface area contributed by atoms with Crippen LogP contribution in [0.1, 0.15) is 27.7 Å². The predicted octanol–water partition coefficient (Wildman–Crippen LogP) is 2.60. The summed E-state index contributed by atoms with van der Waals surface area (Å²) in [4.78, 5) is 21.3. The number of benzene rings is 1. The van der Waals surface area contributed by atoms with Crippen molar-refractivity contribution < 1.29 is 27.1 Å². The molecule has 4 rings (SSSR count). The van der Waals surface area contributed by atoms with Crippen molar-refractivity contribution in [2.45, 2.75) is 17.4 Å². The lowest BCUT2D eigenvalue weighted by atomic mass is 10.0. The fourth-order valence-corrected chi connectivity index (χ4v) is 3.67. The number of aromatic nitrogens is 2. The van der Waals surface area contributed by atoms with Crippen LogP contribution >= 0.6 is 0 Å². The van der Waals surface area contributed by atoms with E-state index in [1.54, 1.807) is 24.3 Å². The third kappa shape index (κ3) is 3.24. The van der Waals surface area contributed by atoms with Gasteiger partial charge in [0.05, 0.1) is 18.3 Å². The molecule has 0 amide bonds. The summed E-state index contributed by atoms with van der Waals surface area (Å²) in [7, 11) is -1.84. The van der Waals surface area contributed by atoms with Gasteiger partial charge in [0.25, 0.3) is 0 Å². The van der Waals surface area contributed by atoms with Crippen molar-refractivity contribution in [3.05, 3.63) is 59.5 Å². The van der Waals surface area contributed by atoms with E-state index in [9.17, 15) is 13.2 Å². The summed E-state index contributed by atoms with van der Waals surface area (Å²) in [6.45, 7) is 0. The molecule has 1 aromatic carbocycles. The fraction of sp³-hybridized carbons (Fsp3) is 0.211. The van der Waals surface area contributed by atoms with Crippen LogP contribution in [-0.4, -0.2) is 37.7 Å². The molecule has 1 aliphatic rings. The van der Waals surface area contributed by atoms with Gasteiger partial charge in [0.2, 0.25) is 0 Å². The third-order valence-corrected chi connectivity index (χ3v) is 5.51. The van der Waals surface area contributed by atoms with E-state index in [0.717, 1.165) is 11.8 Å². The summed E-state index contributed by atoms with van der Waals surface area (Å²) in [5.41, 5.74) is 1.77. The molecule has 2 aromatic heterocycles. The Morgan fingerprint density at radius 2 is 1.89 bits per heavy atom. The van der Waals surface area contributed by atoms with E-state index in [0.29, 0.717) is 23.6 Å². The second kappa shape index (κ2) is 6.75. The number of furan rings is 1. The first-order chi connectivity index (χ1) is 13.4. The number of hydrogen-bond acceptors (Lipinski definition) is 8. The number of hydrogen-bond donors (Lipinski definition) is 0. The van der Waals surface area contributed by atoms with Crippen molar-refractivity contribution in [1.29, 1.82) is 0 Å². The van der Waals surface area contributed by atoms with Crippen molar-refractivity contribution in [2.75, 3.05) is 13.4 Å². The topological polar surface area (TPSA) is 109 Å². The zero-order chi connectivity index (χ0) is 19.9. The van der Waals surface area contributed by atoms with Crippen molar-refractivity contribution in [3.63, 3.8) is 0 Å². The van der Waals surface area contributed by atoms with Crippen LogP contribution in [0.15, 0.2) is 52.0 Å². The van der Waals surface area contributed by atoms with Crippen molar-refractivity contribution in [1.82, 2.24) is 9.97 Å². The Labute approximate surface area is 161 Å². The number of carbonyl (C=O) groups is 1. The SMILES string of the molecule is COc1nc(-c2ccco2)c2c(n1)C(Cc1ccc(S(C)(=O)=O)cc1)OC2=O. The maximum Gasteiger partial charge on any atom is 0.343 e. The molecule has 144 valence electrons. The molecular formula is C19H16N2O6S. The predicted molar refractivity (Wildman–Crippen MR) is 97.7 cm³/mol. The Morgan fingerprint density at radius 1 is 1.14 bits per heavy atom. The highest BCUT2D eigenvalue weighted by Crippen LogP contribution is 2.38. The molecule has 0 radical (unpaired) electrons. The Balaban J connectivity index is 1.72. The maximum absolute atomic E-state index is 12.5. The van der Waals surface area contributed by atoms with E-state index in [-0.39, 0.29) is 16.5 Å². The van der Waals surface area contributed by atoms with Gasteiger partial charge >= 0.3 is 12.0 Å². The normalized spacial score (nSPS) is 15.9. The number of methoxy groups -OCH3 is 1. The molecule has 0 saturated carbocycles. The molecule has 3 aromatic rings. The lowest BCUT2D eigenvalue weighted by Crippen LogP contribution is -2.06. The van der Waals surface area contributed by atoms with Crippen molar-refractivity contribution >= 4 is 15.8 Å². The monoisotopic (exact) mass is 400 g/mol. The molecule has 1 atom stereocenters. The largest absolute Gasteiger partial charge is 0.467 e. The molecule has 1 aliphatic heterocycles. The first kappa shape index (κ1) is 18.2. The molecule has 0 spiro atoms. The molecule has 0 bridgehead atoms. The van der Waals surface area contributed by atoms with Crippen LogP contribution in [0.25, 0.3) is 11.5 Å². The molecule has 0 aliphatic carbocycles. The Kier molecular flexibility index (Phi) is 4.38. The number of ether oxygens (including phenoxy) is 2. The lowest BCUT2D eigenvalue weighted by Gasteiger charge is -2.11. The van der Waals surface area contributed by atoms with Gasteiger partial charge in [-0.3, -0.25) is 0 Å². The third-order valence-electron chi connectivity index (χ3n) is 4.38. The summed E-state index contributed by atoms with van der Waals surface area (Å²) in [5.74, 6) is -0.131. The van der Waals surface area contributed by atoms with Crippen LogP contribution in [-0.2, 0) is 21.0 Å². The van der Waals surface area contributed by atoms with Gasteiger partial charge in [-0.25, -0.2) is 13.2 Å². The van der Waals surface area contributed by atoms with Gasteiger partial charge in [-0.05, 0) is 29.8 Å². The first-order valence-corrected chi connectivity index (χ1v) is 10.3. The van der Waals surface area contributed by atoms with Crippen LogP contribution in [0.4, 0.5) is 0 Å². The van der Waals surface area contributed by atoms with Crippen molar-refractivity contribution in [3.8, 4) is 17.5 Å². The van der Waals surface area contributed by atoms with Crippen LogP contribution in [0.5, 0.6) is 6.01 Å². The molecule has 1 unspecified atom stereocenters. The first-order valence-electron chi connectivity index (χ1n) is 8.36. The zero-order valence-electron chi connectivity index (χ0n) is 15.1. The molecule has 9 heteroatoms. The van der Waals surface area contributed by atoms with Gasteiger partial charge in [0, 0.05) is 12.7 Å². The van der Waals surface area contributed by atoms with E-state index in [2.05, 4.69) is 9.97 Å². The maximum atomic E-state index is 12.5. The molecule has 8 nitrogen and oxygen atoms in total. The number of rotatable bonds is 5. The standard InChI is InChI=1S/C19H16N2O6S/c1-25-19-20-16(13-4-3-9-26-13)15-17(21-19)14(27-18(15)22)10-11-5-7-12(8-6-11)28(2,23)24/h3-9,14H,10H2,1-2H3. The molecular weight excluding hydrogens is 384 g/mol. The van der Waals surface area contributed by atoms with E-state index in [1.807, 2.05) is 0 Å². The highest BCUT2D eigenvalue weighted by atomic mass is 32.2. The van der Waals surface area contributed by atoms with Gasteiger partial charge < -0.3 is 13.9 Å². The molecule has 3 heterocycles. The zero-order valence-corrected chi connectivity index (χ0v) is 15.9. The van der Waals surface area contributed by atoms with Crippen LogP contribution in [0.2, 0.25) is 0 Å². The number of fused-ring (bicyclic) bond motifs is 1. The smallest absolute Gasteiger partial charge is 0.343 e. The number of nitrogens with zero attached hydrogens (tertiary/aromatic N) is 2. The van der Waals surface area contributed by atoms with Crippen LogP contribution in [0, 0.1) is 0 Å². The van der Waals surface area contributed by atoms with Gasteiger partial charge in [-0.1, -0.05) is 12.1 Å². The second-order valence-corrected chi connectivity index (χ2v) is 8.33. The van der Waals surface area contributed by atoms with Gasteiger partial charge in [-0.2, -0.15) is 9.97 Å². The molecule has 0 N–H and O–H groups in total. The average Bonchev–Trinajstić information content (AvgIpc) is 3.30. The Hall–Kier alpha value is -3.20. The fourth-order valence-electron chi connectivity index (χ4n) is 3.04. The van der Waals surface area contributed by atoms with Gasteiger partial charge in [-0.15, -0.1) is 0 Å². The number of sulfone groups is 1. The summed E-state index contributed by atoms with van der Waals surface area (Å²) in [5, 5.41) is 0. The summed E-state index contributed by atoms with van der Waals surface area (Å²) < 4.78 is 39.3. The number of carbonyl (C=O) groups excluding carboxylic acids is 1. The lowest BCUT2D eigenvalue weighted by molar-refractivity contribution is 0.0382. The van der Waals surface area contributed by atoms with E-state index in [4.69, 9.17) is 13.9 Å². The van der Waals surface area contributed by atoms with E-state index < -0.39 is 21.9 Å². The minimum atomic E-state index is -3.28. The molecule has 28 heavy (non-hydrogen) atoms. The van der Waals surface area contributed by atoms with Crippen LogP contribution < -0.4 is 4.74 Å². The number of esters is 1. The Morgan fingerprint density at radius 3 is 2.50 bits per heavy atom. The minimum absolute atomic E-state index is 0.0980. The highest BCUT2D eigenvalue weighted by Gasteiger charge is 2.38. The van der Waals surface area contributed by atoms with Gasteiger partial charge in [0.15, 0.2) is 15.6 Å². The van der Waals surface area contributed by atoms with Crippen LogP contribution in [0.3, 0.4) is 0 Å². The minimum Gasteiger partial charge on any atom is -0.467 e.